The highest BCUT2D eigenvalue weighted by Crippen LogP contribution is 2.76. The Hall–Kier alpha value is -1.62. The Balaban J connectivity index is 1.78. The van der Waals surface area contributed by atoms with E-state index in [4.69, 9.17) is 4.74 Å². The molecule has 1 spiro atoms. The number of aliphatic carboxylic acids is 1. The lowest BCUT2D eigenvalue weighted by atomic mass is 9.61. The third kappa shape index (κ3) is 1.25. The van der Waals surface area contributed by atoms with Crippen LogP contribution in [0.15, 0.2) is 24.3 Å². The van der Waals surface area contributed by atoms with Crippen molar-refractivity contribution in [1.29, 1.82) is 0 Å². The van der Waals surface area contributed by atoms with Gasteiger partial charge in [-0.1, -0.05) is 18.2 Å². The second-order valence-corrected chi connectivity index (χ2v) is 8.72. The van der Waals surface area contributed by atoms with Crippen molar-refractivity contribution >= 4 is 11.9 Å². The average Bonchev–Trinajstić information content (AvgIpc) is 2.98. The number of aliphatic hydroxyl groups is 1. The van der Waals surface area contributed by atoms with Gasteiger partial charge in [-0.15, -0.1) is 0 Å². The molecule has 0 aromatic rings. The predicted octanol–water partition coefficient (Wildman–Crippen LogP) is 1.91. The first-order chi connectivity index (χ1) is 11.3. The molecule has 3 saturated carbocycles. The van der Waals surface area contributed by atoms with Crippen LogP contribution in [0.1, 0.15) is 32.6 Å². The maximum Gasteiger partial charge on any atom is 0.316 e. The summed E-state index contributed by atoms with van der Waals surface area (Å²) in [6.45, 7) is 5.88. The largest absolute Gasteiger partial charge is 0.481 e. The van der Waals surface area contributed by atoms with E-state index in [2.05, 4.69) is 6.58 Å². The zero-order valence-electron chi connectivity index (χ0n) is 13.7. The second kappa shape index (κ2) is 3.96. The molecule has 8 atom stereocenters. The minimum atomic E-state index is -1.18. The number of carboxylic acids is 1. The van der Waals surface area contributed by atoms with Crippen LogP contribution in [-0.4, -0.2) is 33.9 Å². The maximum atomic E-state index is 12.7. The van der Waals surface area contributed by atoms with Crippen LogP contribution in [0.4, 0.5) is 0 Å². The molecule has 2 unspecified atom stereocenters. The van der Waals surface area contributed by atoms with Crippen LogP contribution in [0.25, 0.3) is 0 Å². The van der Waals surface area contributed by atoms with E-state index in [0.717, 1.165) is 24.8 Å². The number of esters is 1. The van der Waals surface area contributed by atoms with Crippen LogP contribution >= 0.6 is 0 Å². The third-order valence-electron chi connectivity index (χ3n) is 8.02. The quantitative estimate of drug-likeness (QED) is 0.567. The zero-order chi connectivity index (χ0) is 17.1. The van der Waals surface area contributed by atoms with Crippen LogP contribution in [0.2, 0.25) is 0 Å². The zero-order valence-corrected chi connectivity index (χ0v) is 13.7. The van der Waals surface area contributed by atoms with Gasteiger partial charge in [-0.2, -0.15) is 0 Å². The summed E-state index contributed by atoms with van der Waals surface area (Å²) < 4.78 is 5.92. The van der Waals surface area contributed by atoms with Gasteiger partial charge in [-0.3, -0.25) is 9.59 Å². The van der Waals surface area contributed by atoms with Crippen molar-refractivity contribution < 1.29 is 24.5 Å². The first-order valence-electron chi connectivity index (χ1n) is 8.79. The van der Waals surface area contributed by atoms with Gasteiger partial charge in [0.2, 0.25) is 0 Å². The van der Waals surface area contributed by atoms with E-state index >= 15 is 0 Å². The van der Waals surface area contributed by atoms with Crippen molar-refractivity contribution in [1.82, 2.24) is 0 Å². The van der Waals surface area contributed by atoms with Gasteiger partial charge < -0.3 is 14.9 Å². The highest BCUT2D eigenvalue weighted by atomic mass is 16.6. The highest BCUT2D eigenvalue weighted by molar-refractivity contribution is 5.86. The molecular formula is C19H22O5. The normalized spacial score (nSPS) is 56.8. The smallest absolute Gasteiger partial charge is 0.316 e. The van der Waals surface area contributed by atoms with E-state index < -0.39 is 46.3 Å². The summed E-state index contributed by atoms with van der Waals surface area (Å²) >= 11 is 0. The number of hydrogen-bond acceptors (Lipinski definition) is 4. The van der Waals surface area contributed by atoms with Crippen molar-refractivity contribution in [2.45, 2.75) is 44.3 Å². The number of carbonyl (C=O) groups is 2. The van der Waals surface area contributed by atoms with Gasteiger partial charge in [0.1, 0.15) is 11.0 Å². The van der Waals surface area contributed by atoms with E-state index in [1.54, 1.807) is 13.0 Å². The molecule has 1 saturated heterocycles. The lowest BCUT2D eigenvalue weighted by Gasteiger charge is -2.42. The van der Waals surface area contributed by atoms with Crippen molar-refractivity contribution in [3.8, 4) is 0 Å². The SMILES string of the molecule is C=C1CC23C[C@H]1CC[C@H]2C12C=C[C@H](O)[C@@](C)(C(=O)O1)[C@H]2[C@@H]3C(=O)O. The fourth-order valence-corrected chi connectivity index (χ4v) is 7.14. The van der Waals surface area contributed by atoms with Crippen LogP contribution < -0.4 is 0 Å². The molecule has 5 rings (SSSR count). The molecule has 5 heteroatoms. The number of rotatable bonds is 1. The summed E-state index contributed by atoms with van der Waals surface area (Å²) in [5.74, 6) is -2.12. The number of carboxylic acid groups (broad SMARTS) is 1. The molecule has 5 nitrogen and oxygen atoms in total. The molecular weight excluding hydrogens is 308 g/mol. The number of hydrogen-bond donors (Lipinski definition) is 2. The summed E-state index contributed by atoms with van der Waals surface area (Å²) in [6, 6.07) is 0. The highest BCUT2D eigenvalue weighted by Gasteiger charge is 2.82. The van der Waals surface area contributed by atoms with Gasteiger partial charge in [0, 0.05) is 11.8 Å². The summed E-state index contributed by atoms with van der Waals surface area (Å²) in [5, 5.41) is 20.7. The first-order valence-corrected chi connectivity index (χ1v) is 8.79. The van der Waals surface area contributed by atoms with Crippen molar-refractivity contribution in [3.05, 3.63) is 24.3 Å². The molecule has 128 valence electrons. The van der Waals surface area contributed by atoms with Crippen molar-refractivity contribution in [2.75, 3.05) is 0 Å². The number of fused-ring (bicyclic) bond motifs is 1. The van der Waals surface area contributed by atoms with Gasteiger partial charge in [0.25, 0.3) is 0 Å². The van der Waals surface area contributed by atoms with Crippen LogP contribution in [0, 0.1) is 34.5 Å². The lowest BCUT2D eigenvalue weighted by molar-refractivity contribution is -0.161. The van der Waals surface area contributed by atoms with Gasteiger partial charge >= 0.3 is 11.9 Å². The lowest BCUT2D eigenvalue weighted by Crippen LogP contribution is -2.50. The Morgan fingerprint density at radius 1 is 1.42 bits per heavy atom. The molecule has 0 aromatic carbocycles. The number of carbonyl (C=O) groups excluding carboxylic acids is 1. The summed E-state index contributed by atoms with van der Waals surface area (Å²) in [4.78, 5) is 25.0. The predicted molar refractivity (Wildman–Crippen MR) is 83.7 cm³/mol. The molecule has 2 N–H and O–H groups in total. The van der Waals surface area contributed by atoms with Crippen molar-refractivity contribution in [3.63, 3.8) is 0 Å². The first kappa shape index (κ1) is 14.7. The molecule has 1 heterocycles. The van der Waals surface area contributed by atoms with E-state index in [9.17, 15) is 19.8 Å². The topological polar surface area (TPSA) is 83.8 Å². The Bertz CT molecular complexity index is 725. The maximum absolute atomic E-state index is 12.7. The Morgan fingerprint density at radius 3 is 2.88 bits per heavy atom. The van der Waals surface area contributed by atoms with Crippen LogP contribution in [-0.2, 0) is 14.3 Å². The summed E-state index contributed by atoms with van der Waals surface area (Å²) in [7, 11) is 0. The molecule has 4 fully saturated rings. The molecule has 0 aromatic heterocycles. The van der Waals surface area contributed by atoms with Crippen LogP contribution in [0.5, 0.6) is 0 Å². The summed E-state index contributed by atoms with van der Waals surface area (Å²) in [6.07, 6.45) is 5.83. The molecule has 4 aliphatic carbocycles. The van der Waals surface area contributed by atoms with E-state index in [1.807, 2.05) is 6.08 Å². The van der Waals surface area contributed by atoms with Gasteiger partial charge in [-0.25, -0.2) is 0 Å². The minimum absolute atomic E-state index is 0.00104. The Kier molecular flexibility index (Phi) is 2.42. The minimum Gasteiger partial charge on any atom is -0.481 e. The van der Waals surface area contributed by atoms with Crippen LogP contribution in [0.3, 0.4) is 0 Å². The monoisotopic (exact) mass is 330 g/mol. The van der Waals surface area contributed by atoms with Gasteiger partial charge in [-0.05, 0) is 50.0 Å². The number of aliphatic hydroxyl groups excluding tert-OH is 1. The Morgan fingerprint density at radius 2 is 2.17 bits per heavy atom. The van der Waals surface area contributed by atoms with Crippen molar-refractivity contribution in [2.24, 2.45) is 34.5 Å². The molecule has 1 aliphatic heterocycles. The number of ether oxygens (including phenoxy) is 1. The van der Waals surface area contributed by atoms with E-state index in [-0.39, 0.29) is 5.92 Å². The number of allylic oxidation sites excluding steroid dienone is 1. The van der Waals surface area contributed by atoms with E-state index in [0.29, 0.717) is 12.3 Å². The third-order valence-corrected chi connectivity index (χ3v) is 8.02. The molecule has 5 aliphatic rings. The fraction of sp³-hybridized carbons (Fsp3) is 0.684. The molecule has 4 bridgehead atoms. The standard InChI is InChI=1S/C19H22O5/c1-9-7-18-8-10(9)3-4-11(18)19-6-5-12(20)17(2,16(23)24-19)14(19)13(18)15(21)22/h5-6,10-14,20H,1,3-4,7-8H2,2H3,(H,21,22)/t10-,11-,12+,13-,14-,17-,18?,19?/m1/s1. The molecule has 0 radical (unpaired) electrons. The van der Waals surface area contributed by atoms with E-state index in [1.165, 1.54) is 0 Å². The Labute approximate surface area is 140 Å². The second-order valence-electron chi connectivity index (χ2n) is 8.72. The van der Waals surface area contributed by atoms with Gasteiger partial charge in [0.15, 0.2) is 0 Å². The molecule has 24 heavy (non-hydrogen) atoms. The summed E-state index contributed by atoms with van der Waals surface area (Å²) in [5.41, 5.74) is -1.30. The molecule has 0 amide bonds. The van der Waals surface area contributed by atoms with Gasteiger partial charge in [0.05, 0.1) is 12.0 Å². The fourth-order valence-electron chi connectivity index (χ4n) is 7.14. The average molecular weight is 330 g/mol.